The number of allylic oxidation sites excluding steroid dienone is 1. The van der Waals surface area contributed by atoms with Gasteiger partial charge in [0.05, 0.1) is 24.7 Å². The molecule has 0 aromatic rings. The lowest BCUT2D eigenvalue weighted by Crippen LogP contribution is -2.58. The molecule has 4 rings (SSSR count). The van der Waals surface area contributed by atoms with Crippen LogP contribution in [0.25, 0.3) is 0 Å². The minimum Gasteiger partial charge on any atom is -0.387 e. The number of epoxide rings is 2. The van der Waals surface area contributed by atoms with Crippen molar-refractivity contribution < 1.29 is 23.7 Å². The second-order valence-corrected chi connectivity index (χ2v) is 7.84. The fraction of sp³-hybridized carbons (Fsp3) is 0.889. The molecule has 2 heterocycles. The number of hydrogen-bond acceptors (Lipinski definition) is 4. The molecular weight excluding hydrogens is 299 g/mol. The molecule has 0 aromatic heterocycles. The van der Waals surface area contributed by atoms with Gasteiger partial charge >= 0.3 is 0 Å². The molecule has 0 aromatic carbocycles. The van der Waals surface area contributed by atoms with Crippen LogP contribution in [0.15, 0.2) is 11.6 Å². The molecule has 0 bridgehead atoms. The first-order valence-corrected chi connectivity index (χ1v) is 8.85. The zero-order valence-corrected chi connectivity index (χ0v) is 14.0. The van der Waals surface area contributed by atoms with E-state index < -0.39 is 29.6 Å². The normalized spacial score (nSPS) is 52.0. The van der Waals surface area contributed by atoms with Gasteiger partial charge in [-0.25, -0.2) is 4.39 Å². The molecule has 1 spiro atoms. The Morgan fingerprint density at radius 2 is 2.09 bits per heavy atom. The molecule has 4 fully saturated rings. The fourth-order valence-corrected chi connectivity index (χ4v) is 4.93. The van der Waals surface area contributed by atoms with Crippen LogP contribution in [0.1, 0.15) is 45.4 Å². The summed E-state index contributed by atoms with van der Waals surface area (Å²) in [6.07, 6.45) is 5.62. The highest BCUT2D eigenvalue weighted by molar-refractivity contribution is 5.22. The van der Waals surface area contributed by atoms with E-state index in [1.165, 1.54) is 38.4 Å². The summed E-state index contributed by atoms with van der Waals surface area (Å²) in [6.45, 7) is 2.60. The number of rotatable bonds is 4. The topological polar surface area (TPSA) is 54.5 Å². The number of methoxy groups -OCH3 is 1. The van der Waals surface area contributed by atoms with Gasteiger partial charge in [-0.15, -0.1) is 0 Å². The molecule has 7 atom stereocenters. The van der Waals surface area contributed by atoms with Gasteiger partial charge in [-0.3, -0.25) is 0 Å². The van der Waals surface area contributed by atoms with Crippen molar-refractivity contribution in [2.24, 2.45) is 5.92 Å². The van der Waals surface area contributed by atoms with Gasteiger partial charge in [0.25, 0.3) is 0 Å². The smallest absolute Gasteiger partial charge is 0.131 e. The van der Waals surface area contributed by atoms with Crippen LogP contribution in [0.3, 0.4) is 0 Å². The van der Waals surface area contributed by atoms with Gasteiger partial charge in [-0.05, 0) is 39.0 Å². The highest BCUT2D eigenvalue weighted by atomic mass is 19.1. The molecule has 0 amide bonds. The van der Waals surface area contributed by atoms with Crippen LogP contribution in [0, 0.1) is 5.92 Å². The average molecular weight is 326 g/mol. The summed E-state index contributed by atoms with van der Waals surface area (Å²) < 4.78 is 31.3. The van der Waals surface area contributed by atoms with E-state index in [0.29, 0.717) is 6.61 Å². The Bertz CT molecular complexity index is 495. The van der Waals surface area contributed by atoms with E-state index in [0.717, 1.165) is 6.42 Å². The molecule has 2 saturated heterocycles. The molecule has 130 valence electrons. The van der Waals surface area contributed by atoms with Crippen molar-refractivity contribution in [1.82, 2.24) is 0 Å². The molecule has 0 unspecified atom stereocenters. The van der Waals surface area contributed by atoms with E-state index in [4.69, 9.17) is 14.2 Å². The number of ether oxygens (including phenoxy) is 3. The molecule has 0 radical (unpaired) electrons. The number of halogens is 1. The molecule has 23 heavy (non-hydrogen) atoms. The summed E-state index contributed by atoms with van der Waals surface area (Å²) >= 11 is 0. The van der Waals surface area contributed by atoms with E-state index >= 15 is 0 Å². The van der Waals surface area contributed by atoms with Crippen LogP contribution in [0.2, 0.25) is 0 Å². The maximum absolute atomic E-state index is 14.1. The Morgan fingerprint density at radius 1 is 1.39 bits per heavy atom. The number of alkyl halides is 1. The minimum atomic E-state index is -1.29. The van der Waals surface area contributed by atoms with E-state index in [1.807, 2.05) is 0 Å². The molecule has 5 heteroatoms. The van der Waals surface area contributed by atoms with Gasteiger partial charge in [-0.2, -0.15) is 0 Å². The highest BCUT2D eigenvalue weighted by Gasteiger charge is 2.73. The minimum absolute atomic E-state index is 0.114. The van der Waals surface area contributed by atoms with Crippen molar-refractivity contribution in [3.63, 3.8) is 0 Å². The van der Waals surface area contributed by atoms with Crippen LogP contribution >= 0.6 is 0 Å². The van der Waals surface area contributed by atoms with Gasteiger partial charge in [0.2, 0.25) is 0 Å². The Morgan fingerprint density at radius 3 is 2.70 bits per heavy atom. The van der Waals surface area contributed by atoms with Crippen LogP contribution in [-0.4, -0.2) is 54.5 Å². The highest BCUT2D eigenvalue weighted by Crippen LogP contribution is 2.59. The Balaban J connectivity index is 1.50. The SMILES string of the molecule is CO[C@@H]1[C@H](O)[C@@H](F)C[C@]2(CO2)[C@H]1[C@]1(C)O[C@@H]1CC=C1CCCC1. The molecule has 2 saturated carbocycles. The van der Waals surface area contributed by atoms with Crippen molar-refractivity contribution in [1.29, 1.82) is 0 Å². The van der Waals surface area contributed by atoms with Crippen LogP contribution in [0.4, 0.5) is 4.39 Å². The van der Waals surface area contributed by atoms with Crippen molar-refractivity contribution in [2.45, 2.75) is 81.1 Å². The predicted octanol–water partition coefficient (Wildman–Crippen LogP) is 2.54. The lowest BCUT2D eigenvalue weighted by atomic mass is 9.67. The number of aliphatic hydroxyl groups is 1. The molecule has 4 nitrogen and oxygen atoms in total. The van der Waals surface area contributed by atoms with Gasteiger partial charge in [0.15, 0.2) is 0 Å². The Labute approximate surface area is 137 Å². The second-order valence-electron chi connectivity index (χ2n) is 7.84. The summed E-state index contributed by atoms with van der Waals surface area (Å²) in [7, 11) is 1.54. The maximum Gasteiger partial charge on any atom is 0.131 e. The van der Waals surface area contributed by atoms with Gasteiger partial charge < -0.3 is 19.3 Å². The molecule has 4 aliphatic rings. The van der Waals surface area contributed by atoms with Gasteiger partial charge in [-0.1, -0.05) is 11.6 Å². The van der Waals surface area contributed by atoms with E-state index in [2.05, 4.69) is 13.0 Å². The van der Waals surface area contributed by atoms with Crippen molar-refractivity contribution in [3.05, 3.63) is 11.6 Å². The molecule has 1 N–H and O–H groups in total. The number of aliphatic hydroxyl groups excluding tert-OH is 1. The Hall–Kier alpha value is -0.490. The monoisotopic (exact) mass is 326 g/mol. The zero-order valence-electron chi connectivity index (χ0n) is 14.0. The summed E-state index contributed by atoms with van der Waals surface area (Å²) in [5.41, 5.74) is 0.633. The lowest BCUT2D eigenvalue weighted by Gasteiger charge is -2.42. The lowest BCUT2D eigenvalue weighted by molar-refractivity contribution is -0.144. The first kappa shape index (κ1) is 16.0. The summed E-state index contributed by atoms with van der Waals surface area (Å²) in [4.78, 5) is 0. The third kappa shape index (κ3) is 2.56. The number of hydrogen-bond donors (Lipinski definition) is 1. The van der Waals surface area contributed by atoms with Crippen molar-refractivity contribution >= 4 is 0 Å². The maximum atomic E-state index is 14.1. The van der Waals surface area contributed by atoms with Crippen LogP contribution < -0.4 is 0 Å². The third-order valence-corrected chi connectivity index (χ3v) is 6.39. The zero-order chi connectivity index (χ0) is 16.2. The van der Waals surface area contributed by atoms with E-state index in [1.54, 1.807) is 0 Å². The van der Waals surface area contributed by atoms with Crippen molar-refractivity contribution in [2.75, 3.05) is 13.7 Å². The summed E-state index contributed by atoms with van der Waals surface area (Å²) in [5, 5.41) is 10.2. The molecule has 2 aliphatic heterocycles. The van der Waals surface area contributed by atoms with Crippen LogP contribution in [0.5, 0.6) is 0 Å². The second kappa shape index (κ2) is 5.51. The first-order valence-electron chi connectivity index (χ1n) is 8.85. The molecular formula is C18H27FO4. The third-order valence-electron chi connectivity index (χ3n) is 6.39. The predicted molar refractivity (Wildman–Crippen MR) is 82.9 cm³/mol. The summed E-state index contributed by atoms with van der Waals surface area (Å²) in [5.74, 6) is -0.117. The van der Waals surface area contributed by atoms with Gasteiger partial charge in [0.1, 0.15) is 23.5 Å². The quantitative estimate of drug-likeness (QED) is 0.637. The van der Waals surface area contributed by atoms with Crippen molar-refractivity contribution in [3.8, 4) is 0 Å². The van der Waals surface area contributed by atoms with E-state index in [-0.39, 0.29) is 18.4 Å². The van der Waals surface area contributed by atoms with E-state index in [9.17, 15) is 9.50 Å². The van der Waals surface area contributed by atoms with Gasteiger partial charge in [0, 0.05) is 13.5 Å². The first-order chi connectivity index (χ1) is 11.0. The molecule has 2 aliphatic carbocycles. The summed E-state index contributed by atoms with van der Waals surface area (Å²) in [6, 6.07) is 0. The average Bonchev–Trinajstić information content (AvgIpc) is 3.35. The standard InChI is InChI=1S/C18H27FO4/c1-17(13(23-17)8-7-11-5-3-4-6-11)16-15(21-2)14(20)12(19)9-18(16)10-22-18/h7,12-16,20H,3-6,8-10H2,1-2H3/t12-,13+,14+,15+,16+,17+,18-/m0/s1. The largest absolute Gasteiger partial charge is 0.387 e. The Kier molecular flexibility index (Phi) is 3.84. The van der Waals surface area contributed by atoms with Crippen LogP contribution in [-0.2, 0) is 14.2 Å². The fourth-order valence-electron chi connectivity index (χ4n) is 4.93.